The van der Waals surface area contributed by atoms with Gasteiger partial charge in [0.25, 0.3) is 16.8 Å². The van der Waals surface area contributed by atoms with Crippen molar-refractivity contribution in [2.45, 2.75) is 19.4 Å². The van der Waals surface area contributed by atoms with Crippen molar-refractivity contribution in [1.82, 2.24) is 18.3 Å². The molecule has 0 amide bonds. The van der Waals surface area contributed by atoms with Crippen LogP contribution >= 0.6 is 40.4 Å². The molecule has 2 aromatic carbocycles. The van der Waals surface area contributed by atoms with E-state index in [4.69, 9.17) is 33.9 Å². The lowest BCUT2D eigenvalue weighted by atomic mass is 9.86. The number of hydrogen-bond donors (Lipinski definition) is 2. The molecule has 232 valence electrons. The lowest BCUT2D eigenvalue weighted by molar-refractivity contribution is -0.384. The van der Waals surface area contributed by atoms with Crippen LogP contribution in [0.1, 0.15) is 35.1 Å². The summed E-state index contributed by atoms with van der Waals surface area (Å²) in [5.41, 5.74) is -0.925. The highest BCUT2D eigenvalue weighted by Crippen LogP contribution is 2.44. The maximum absolute atomic E-state index is 13.7. The normalized spacial score (nSPS) is 11.2. The second kappa shape index (κ2) is 12.8. The first-order valence-corrected chi connectivity index (χ1v) is 14.6. The van der Waals surface area contributed by atoms with Crippen molar-refractivity contribution in [3.63, 3.8) is 0 Å². The Hall–Kier alpha value is -4.28. The van der Waals surface area contributed by atoms with Gasteiger partial charge in [-0.3, -0.25) is 38.0 Å². The number of aromatic nitrogens is 4. The van der Waals surface area contributed by atoms with Crippen LogP contribution in [0.25, 0.3) is 0 Å². The average molecular weight is 707 g/mol. The van der Waals surface area contributed by atoms with Crippen LogP contribution in [0.4, 0.5) is 5.69 Å². The molecular weight excluding hydrogens is 678 g/mol. The van der Waals surface area contributed by atoms with Gasteiger partial charge in [0.05, 0.1) is 33.0 Å². The third kappa shape index (κ3) is 5.79. The van der Waals surface area contributed by atoms with Crippen LogP contribution in [0.3, 0.4) is 0 Å². The second-order valence-corrected chi connectivity index (χ2v) is 11.4. The van der Waals surface area contributed by atoms with Crippen molar-refractivity contribution in [1.29, 1.82) is 0 Å². The molecule has 2 heterocycles. The molecule has 0 fully saturated rings. The molecule has 4 rings (SSSR count). The lowest BCUT2D eigenvalue weighted by Gasteiger charge is -2.24. The maximum atomic E-state index is 13.7. The van der Waals surface area contributed by atoms with E-state index in [0.717, 1.165) is 9.13 Å². The van der Waals surface area contributed by atoms with E-state index in [1.807, 2.05) is 0 Å². The summed E-state index contributed by atoms with van der Waals surface area (Å²) >= 11 is 14.1. The smallest absolute Gasteiger partial charge is 0.269 e. The van der Waals surface area contributed by atoms with E-state index in [-0.39, 0.29) is 56.6 Å². The second-order valence-electron chi connectivity index (χ2n) is 9.79. The summed E-state index contributed by atoms with van der Waals surface area (Å²) in [5, 5.41) is 33.5. The molecule has 0 saturated heterocycles. The molecule has 0 unspecified atom stereocenters. The van der Waals surface area contributed by atoms with Crippen molar-refractivity contribution in [2.24, 2.45) is 28.2 Å². The highest BCUT2D eigenvalue weighted by Gasteiger charge is 2.33. The third-order valence-electron chi connectivity index (χ3n) is 7.11. The maximum Gasteiger partial charge on any atom is 0.269 e. The Labute approximate surface area is 269 Å². The molecule has 2 N–H and O–H groups in total. The first-order valence-electron chi connectivity index (χ1n) is 13.0. The third-order valence-corrected chi connectivity index (χ3v) is 8.79. The van der Waals surface area contributed by atoms with Crippen LogP contribution in [0.5, 0.6) is 23.3 Å². The minimum atomic E-state index is -1.32. The van der Waals surface area contributed by atoms with Gasteiger partial charge in [0.15, 0.2) is 21.0 Å². The van der Waals surface area contributed by atoms with Crippen molar-refractivity contribution in [3.8, 4) is 23.3 Å². The molecule has 0 aliphatic rings. The van der Waals surface area contributed by atoms with E-state index in [2.05, 4.69) is 15.9 Å². The highest BCUT2D eigenvalue weighted by atomic mass is 79.9. The molecule has 2 aromatic heterocycles. The zero-order valence-electron chi connectivity index (χ0n) is 24.2. The minimum Gasteiger partial charge on any atom is -0.494 e. The first kappa shape index (κ1) is 32.6. The van der Waals surface area contributed by atoms with Crippen LogP contribution in [-0.4, -0.2) is 40.0 Å². The van der Waals surface area contributed by atoms with E-state index in [1.165, 1.54) is 49.5 Å². The molecular formula is C28H28BrN5O8S2. The van der Waals surface area contributed by atoms with Crippen LogP contribution in [0, 0.1) is 19.7 Å². The Morgan fingerprint density at radius 3 is 1.84 bits per heavy atom. The fraction of sp³-hybridized carbons (Fsp3) is 0.286. The Balaban J connectivity index is 1.99. The topological polar surface area (TPSA) is 156 Å². The minimum absolute atomic E-state index is 0.0322. The van der Waals surface area contributed by atoms with Crippen LogP contribution < -0.4 is 20.6 Å². The molecule has 0 saturated carbocycles. The van der Waals surface area contributed by atoms with Crippen molar-refractivity contribution in [2.75, 3.05) is 6.61 Å². The van der Waals surface area contributed by atoms with E-state index in [0.29, 0.717) is 10.0 Å². The zero-order valence-corrected chi connectivity index (χ0v) is 27.4. The number of nitro groups is 1. The molecule has 4 aromatic rings. The quantitative estimate of drug-likeness (QED) is 0.145. The molecule has 13 nitrogen and oxygen atoms in total. The standard InChI is InChI=1S/C28H28BrN5O8S2/c1-6-41-18-12-15(11-17(29)22(18)42-13-14-7-9-16(10-8-14)34(39)40)19(20-23(35)30(2)27(43)31(3)24(20)36)21-25(37)32(4)28(44)33(5)26(21)38/h7-12,19,35,37H,6,13H2,1-5H3. The van der Waals surface area contributed by atoms with E-state index < -0.39 is 33.7 Å². The van der Waals surface area contributed by atoms with Gasteiger partial charge in [-0.05, 0) is 82.7 Å². The molecule has 0 atom stereocenters. The fourth-order valence-corrected chi connectivity index (χ4v) is 5.64. The number of nitrogens with zero attached hydrogens (tertiary/aromatic N) is 5. The Morgan fingerprint density at radius 1 is 0.886 bits per heavy atom. The Bertz CT molecular complexity index is 1950. The van der Waals surface area contributed by atoms with Crippen molar-refractivity contribution >= 4 is 46.1 Å². The highest BCUT2D eigenvalue weighted by molar-refractivity contribution is 9.10. The van der Waals surface area contributed by atoms with Gasteiger partial charge in [-0.15, -0.1) is 0 Å². The molecule has 0 aliphatic heterocycles. The van der Waals surface area contributed by atoms with Gasteiger partial charge >= 0.3 is 0 Å². The van der Waals surface area contributed by atoms with Gasteiger partial charge in [-0.25, -0.2) is 0 Å². The molecule has 0 aliphatic carbocycles. The van der Waals surface area contributed by atoms with Gasteiger partial charge in [0.2, 0.25) is 11.8 Å². The molecule has 0 spiro atoms. The SMILES string of the molecule is CCOc1cc(C(c2c(O)n(C)c(=S)n(C)c2=O)c2c(O)n(C)c(=S)n(C)c2=O)cc(Br)c1OCc1ccc([N+](=O)[O-])cc1. The predicted molar refractivity (Wildman–Crippen MR) is 170 cm³/mol. The summed E-state index contributed by atoms with van der Waals surface area (Å²) < 4.78 is 17.1. The number of non-ortho nitro benzene ring substituents is 1. The number of nitro benzene ring substituents is 1. The number of halogens is 1. The largest absolute Gasteiger partial charge is 0.494 e. The molecule has 0 bridgehead atoms. The summed E-state index contributed by atoms with van der Waals surface area (Å²) in [6, 6.07) is 9.00. The summed E-state index contributed by atoms with van der Waals surface area (Å²) in [6.45, 7) is 2.01. The number of rotatable bonds is 9. The first-order chi connectivity index (χ1) is 20.7. The van der Waals surface area contributed by atoms with Gasteiger partial charge in [-0.1, -0.05) is 0 Å². The predicted octanol–water partition coefficient (Wildman–Crippen LogP) is 4.46. The van der Waals surface area contributed by atoms with Gasteiger partial charge < -0.3 is 19.7 Å². The van der Waals surface area contributed by atoms with Crippen molar-refractivity contribution in [3.05, 3.63) is 103 Å². The van der Waals surface area contributed by atoms with Crippen LogP contribution in [0.2, 0.25) is 0 Å². The Morgan fingerprint density at radius 2 is 1.39 bits per heavy atom. The monoisotopic (exact) mass is 705 g/mol. The van der Waals surface area contributed by atoms with E-state index in [1.54, 1.807) is 31.2 Å². The average Bonchev–Trinajstić information content (AvgIpc) is 3.00. The van der Waals surface area contributed by atoms with E-state index in [9.17, 15) is 29.9 Å². The number of ether oxygens (including phenoxy) is 2. The van der Waals surface area contributed by atoms with Crippen molar-refractivity contribution < 1.29 is 24.6 Å². The van der Waals surface area contributed by atoms with E-state index >= 15 is 0 Å². The Kier molecular flexibility index (Phi) is 9.46. The van der Waals surface area contributed by atoms with Gasteiger partial charge in [0.1, 0.15) is 6.61 Å². The number of hydrogen-bond acceptors (Lipinski definition) is 10. The molecule has 44 heavy (non-hydrogen) atoms. The lowest BCUT2D eigenvalue weighted by Crippen LogP contribution is -2.33. The number of aromatic hydroxyl groups is 2. The van der Waals surface area contributed by atoms with Gasteiger partial charge in [-0.2, -0.15) is 0 Å². The summed E-state index contributed by atoms with van der Waals surface area (Å²) in [7, 11) is 5.81. The summed E-state index contributed by atoms with van der Waals surface area (Å²) in [6.07, 6.45) is 0. The molecule has 16 heteroatoms. The molecule has 0 radical (unpaired) electrons. The number of benzene rings is 2. The zero-order chi connectivity index (χ0) is 32.6. The van der Waals surface area contributed by atoms with Gasteiger partial charge in [0, 0.05) is 40.3 Å². The fourth-order valence-electron chi connectivity index (χ4n) is 4.73. The summed E-state index contributed by atoms with van der Waals surface area (Å²) in [4.78, 5) is 37.9. The van der Waals surface area contributed by atoms with Crippen LogP contribution in [-0.2, 0) is 34.8 Å². The van der Waals surface area contributed by atoms with Crippen LogP contribution in [0.15, 0.2) is 50.5 Å². The summed E-state index contributed by atoms with van der Waals surface area (Å²) in [5.74, 6) is -1.82.